The van der Waals surface area contributed by atoms with Crippen molar-refractivity contribution in [3.8, 4) is 11.4 Å². The van der Waals surface area contributed by atoms with Crippen molar-refractivity contribution in [1.29, 1.82) is 0 Å². The third-order valence-corrected chi connectivity index (χ3v) is 5.15. The Balaban J connectivity index is 2.34. The van der Waals surface area contributed by atoms with Crippen LogP contribution in [0.15, 0.2) is 29.4 Å². The Morgan fingerprint density at radius 1 is 1.19 bits per heavy atom. The number of thioether (sulfide) groups is 1. The summed E-state index contributed by atoms with van der Waals surface area (Å²) in [5.41, 5.74) is 0.426. The van der Waals surface area contributed by atoms with Crippen LogP contribution in [-0.2, 0) is 11.3 Å². The quantitative estimate of drug-likeness (QED) is 0.649. The van der Waals surface area contributed by atoms with Crippen LogP contribution in [0.1, 0.15) is 34.6 Å². The van der Waals surface area contributed by atoms with Crippen LogP contribution in [0, 0.1) is 11.7 Å². The SMILES string of the molecule is CCN(CC)C(=O)C(C)Sc1nnc(-c2ccccc2F)n1CC(C)C. The largest absolute Gasteiger partial charge is 0.342 e. The highest BCUT2D eigenvalue weighted by Gasteiger charge is 2.24. The molecule has 0 N–H and O–H groups in total. The van der Waals surface area contributed by atoms with Gasteiger partial charge in [0.2, 0.25) is 5.91 Å². The molecule has 0 aliphatic carbocycles. The zero-order valence-electron chi connectivity index (χ0n) is 16.1. The molecule has 1 aromatic heterocycles. The van der Waals surface area contributed by atoms with E-state index in [-0.39, 0.29) is 17.0 Å². The van der Waals surface area contributed by atoms with E-state index in [0.717, 1.165) is 0 Å². The fourth-order valence-electron chi connectivity index (χ4n) is 2.75. The lowest BCUT2D eigenvalue weighted by Crippen LogP contribution is -2.36. The molecular weight excluding hydrogens is 351 g/mol. The van der Waals surface area contributed by atoms with Crippen LogP contribution < -0.4 is 0 Å². The van der Waals surface area contributed by atoms with Crippen LogP contribution in [-0.4, -0.2) is 43.9 Å². The monoisotopic (exact) mass is 378 g/mol. The van der Waals surface area contributed by atoms with E-state index in [1.165, 1.54) is 17.8 Å². The molecule has 0 aliphatic heterocycles. The molecule has 2 aromatic rings. The second kappa shape index (κ2) is 9.16. The van der Waals surface area contributed by atoms with Crippen LogP contribution in [0.25, 0.3) is 11.4 Å². The number of nitrogens with zero attached hydrogens (tertiary/aromatic N) is 4. The summed E-state index contributed by atoms with van der Waals surface area (Å²) in [6.45, 7) is 12.0. The van der Waals surface area contributed by atoms with Gasteiger partial charge in [0.1, 0.15) is 5.82 Å². The lowest BCUT2D eigenvalue weighted by atomic mass is 10.2. The van der Waals surface area contributed by atoms with Crippen LogP contribution in [0.4, 0.5) is 4.39 Å². The van der Waals surface area contributed by atoms with Gasteiger partial charge in [0.15, 0.2) is 11.0 Å². The first kappa shape index (κ1) is 20.4. The van der Waals surface area contributed by atoms with Crippen LogP contribution >= 0.6 is 11.8 Å². The standard InChI is InChI=1S/C19H27FN4OS/c1-6-23(7-2)18(25)14(5)26-19-22-21-17(24(19)12-13(3)4)15-10-8-9-11-16(15)20/h8-11,13-14H,6-7,12H2,1-5H3. The summed E-state index contributed by atoms with van der Waals surface area (Å²) in [5, 5.41) is 8.85. The predicted octanol–water partition coefficient (Wildman–Crippen LogP) is 4.09. The molecule has 26 heavy (non-hydrogen) atoms. The molecule has 0 spiro atoms. The maximum Gasteiger partial charge on any atom is 0.235 e. The minimum atomic E-state index is -0.325. The number of carbonyl (C=O) groups is 1. The maximum atomic E-state index is 14.2. The highest BCUT2D eigenvalue weighted by Crippen LogP contribution is 2.29. The van der Waals surface area contributed by atoms with E-state index in [9.17, 15) is 9.18 Å². The van der Waals surface area contributed by atoms with Crippen molar-refractivity contribution in [2.75, 3.05) is 13.1 Å². The highest BCUT2D eigenvalue weighted by atomic mass is 32.2. The summed E-state index contributed by atoms with van der Waals surface area (Å²) in [5.74, 6) is 0.590. The minimum absolute atomic E-state index is 0.0755. The van der Waals surface area contributed by atoms with Gasteiger partial charge in [-0.1, -0.05) is 37.7 Å². The van der Waals surface area contributed by atoms with Crippen LogP contribution in [0.3, 0.4) is 0 Å². The second-order valence-electron chi connectivity index (χ2n) is 6.56. The van der Waals surface area contributed by atoms with Gasteiger partial charge in [0.25, 0.3) is 0 Å². The van der Waals surface area contributed by atoms with Crippen molar-refractivity contribution in [2.45, 2.75) is 51.6 Å². The molecule has 2 rings (SSSR count). The first-order chi connectivity index (χ1) is 12.4. The Morgan fingerprint density at radius 3 is 2.42 bits per heavy atom. The number of carbonyl (C=O) groups excluding carboxylic acids is 1. The second-order valence-corrected chi connectivity index (χ2v) is 7.87. The van der Waals surface area contributed by atoms with Gasteiger partial charge in [0, 0.05) is 19.6 Å². The molecule has 0 radical (unpaired) electrons. The van der Waals surface area contributed by atoms with Gasteiger partial charge in [-0.05, 0) is 38.8 Å². The Kier molecular flexibility index (Phi) is 7.20. The number of halogens is 1. The minimum Gasteiger partial charge on any atom is -0.342 e. The Labute approximate surface area is 159 Å². The molecule has 0 saturated carbocycles. The Hall–Kier alpha value is -1.89. The van der Waals surface area contributed by atoms with Crippen molar-refractivity contribution >= 4 is 17.7 Å². The number of aromatic nitrogens is 3. The van der Waals surface area contributed by atoms with Gasteiger partial charge in [-0.15, -0.1) is 10.2 Å². The van der Waals surface area contributed by atoms with E-state index < -0.39 is 0 Å². The summed E-state index contributed by atoms with van der Waals surface area (Å²) >= 11 is 1.38. The Bertz CT molecular complexity index is 743. The van der Waals surface area contributed by atoms with Crippen molar-refractivity contribution in [2.24, 2.45) is 5.92 Å². The van der Waals surface area contributed by atoms with E-state index in [2.05, 4.69) is 24.0 Å². The topological polar surface area (TPSA) is 51.0 Å². The Morgan fingerprint density at radius 2 is 1.85 bits per heavy atom. The molecule has 0 fully saturated rings. The molecule has 0 aliphatic rings. The molecule has 1 heterocycles. The van der Waals surface area contributed by atoms with Crippen molar-refractivity contribution in [3.63, 3.8) is 0 Å². The zero-order chi connectivity index (χ0) is 19.3. The van der Waals surface area contributed by atoms with Crippen LogP contribution in [0.5, 0.6) is 0 Å². The molecule has 7 heteroatoms. The molecular formula is C19H27FN4OS. The molecule has 1 atom stereocenters. The maximum absolute atomic E-state index is 14.2. The third kappa shape index (κ3) is 4.63. The first-order valence-electron chi connectivity index (χ1n) is 9.02. The molecule has 142 valence electrons. The van der Waals surface area contributed by atoms with Crippen molar-refractivity contribution < 1.29 is 9.18 Å². The molecule has 0 saturated heterocycles. The average molecular weight is 379 g/mol. The van der Waals surface area contributed by atoms with E-state index >= 15 is 0 Å². The van der Waals surface area contributed by atoms with Gasteiger partial charge in [-0.3, -0.25) is 4.79 Å². The van der Waals surface area contributed by atoms with Crippen molar-refractivity contribution in [3.05, 3.63) is 30.1 Å². The van der Waals surface area contributed by atoms with E-state index in [0.29, 0.717) is 42.1 Å². The average Bonchev–Trinajstić information content (AvgIpc) is 2.98. The smallest absolute Gasteiger partial charge is 0.235 e. The van der Waals surface area contributed by atoms with Crippen molar-refractivity contribution in [1.82, 2.24) is 19.7 Å². The van der Waals surface area contributed by atoms with Gasteiger partial charge in [0.05, 0.1) is 10.8 Å². The molecule has 1 aromatic carbocycles. The van der Waals surface area contributed by atoms with Gasteiger partial charge < -0.3 is 9.47 Å². The predicted molar refractivity (Wildman–Crippen MR) is 104 cm³/mol. The third-order valence-electron chi connectivity index (χ3n) is 4.08. The van der Waals surface area contributed by atoms with E-state index in [1.807, 2.05) is 25.3 Å². The van der Waals surface area contributed by atoms with Gasteiger partial charge in [-0.2, -0.15) is 0 Å². The van der Waals surface area contributed by atoms with Gasteiger partial charge >= 0.3 is 0 Å². The summed E-state index contributed by atoms with van der Waals surface area (Å²) in [6.07, 6.45) is 0. The normalized spacial score (nSPS) is 12.4. The number of hydrogen-bond donors (Lipinski definition) is 0. The number of hydrogen-bond acceptors (Lipinski definition) is 4. The number of benzene rings is 1. The number of rotatable bonds is 8. The molecule has 1 unspecified atom stereocenters. The first-order valence-corrected chi connectivity index (χ1v) is 9.90. The fourth-order valence-corrected chi connectivity index (χ4v) is 3.69. The summed E-state index contributed by atoms with van der Waals surface area (Å²) in [7, 11) is 0. The van der Waals surface area contributed by atoms with E-state index in [1.54, 1.807) is 23.1 Å². The van der Waals surface area contributed by atoms with E-state index in [4.69, 9.17) is 0 Å². The summed E-state index contributed by atoms with van der Waals surface area (Å²) < 4.78 is 16.2. The fraction of sp³-hybridized carbons (Fsp3) is 0.526. The molecule has 5 nitrogen and oxygen atoms in total. The number of amides is 1. The summed E-state index contributed by atoms with van der Waals surface area (Å²) in [6, 6.07) is 6.56. The molecule has 0 bridgehead atoms. The zero-order valence-corrected chi connectivity index (χ0v) is 16.9. The summed E-state index contributed by atoms with van der Waals surface area (Å²) in [4.78, 5) is 14.4. The molecule has 1 amide bonds. The lowest BCUT2D eigenvalue weighted by Gasteiger charge is -2.22. The highest BCUT2D eigenvalue weighted by molar-refractivity contribution is 8.00. The van der Waals surface area contributed by atoms with Crippen LogP contribution in [0.2, 0.25) is 0 Å². The van der Waals surface area contributed by atoms with Gasteiger partial charge in [-0.25, -0.2) is 4.39 Å². The lowest BCUT2D eigenvalue weighted by molar-refractivity contribution is -0.129.